The lowest BCUT2D eigenvalue weighted by molar-refractivity contribution is 0.388. The Labute approximate surface area is 94.4 Å². The number of aromatic nitrogens is 2. The van der Waals surface area contributed by atoms with Crippen molar-refractivity contribution in [3.05, 3.63) is 41.3 Å². The van der Waals surface area contributed by atoms with Crippen LogP contribution >= 0.6 is 0 Å². The summed E-state index contributed by atoms with van der Waals surface area (Å²) < 4.78 is 43.5. The molecule has 0 spiro atoms. The number of hydrogen-bond acceptors (Lipinski definition) is 4. The van der Waals surface area contributed by atoms with E-state index in [9.17, 15) is 13.2 Å². The number of nitrogens with zero attached hydrogens (tertiary/aromatic N) is 2. The quantitative estimate of drug-likeness (QED) is 0.841. The van der Waals surface area contributed by atoms with Crippen LogP contribution in [0.15, 0.2) is 16.7 Å². The number of anilines is 1. The van der Waals surface area contributed by atoms with Gasteiger partial charge in [0.05, 0.1) is 12.2 Å². The van der Waals surface area contributed by atoms with Crippen molar-refractivity contribution in [2.24, 2.45) is 0 Å². The summed E-state index contributed by atoms with van der Waals surface area (Å²) in [6.07, 6.45) is 0. The Kier molecular flexibility index (Phi) is 2.99. The summed E-state index contributed by atoms with van der Waals surface area (Å²) >= 11 is 0. The van der Waals surface area contributed by atoms with Gasteiger partial charge in [0, 0.05) is 6.92 Å². The van der Waals surface area contributed by atoms with Crippen molar-refractivity contribution in [3.63, 3.8) is 0 Å². The molecule has 1 aromatic heterocycles. The number of halogens is 3. The van der Waals surface area contributed by atoms with Gasteiger partial charge in [0.15, 0.2) is 23.3 Å². The molecule has 90 valence electrons. The molecular weight excluding hydrogens is 235 g/mol. The van der Waals surface area contributed by atoms with Crippen LogP contribution in [0, 0.1) is 24.4 Å². The molecule has 0 saturated heterocycles. The highest BCUT2D eigenvalue weighted by molar-refractivity contribution is 5.45. The summed E-state index contributed by atoms with van der Waals surface area (Å²) in [5.74, 6) is -3.35. The summed E-state index contributed by atoms with van der Waals surface area (Å²) in [5.41, 5.74) is -0.161. The zero-order valence-corrected chi connectivity index (χ0v) is 8.80. The van der Waals surface area contributed by atoms with Gasteiger partial charge >= 0.3 is 0 Å². The van der Waals surface area contributed by atoms with E-state index in [2.05, 4.69) is 15.5 Å². The van der Waals surface area contributed by atoms with E-state index < -0.39 is 17.5 Å². The highest BCUT2D eigenvalue weighted by atomic mass is 19.2. The van der Waals surface area contributed by atoms with E-state index in [1.165, 1.54) is 0 Å². The van der Waals surface area contributed by atoms with Crippen molar-refractivity contribution in [1.82, 2.24) is 10.1 Å². The fourth-order valence-electron chi connectivity index (χ4n) is 1.25. The Morgan fingerprint density at radius 1 is 1.24 bits per heavy atom. The fourth-order valence-corrected chi connectivity index (χ4v) is 1.25. The molecule has 1 heterocycles. The first-order chi connectivity index (χ1) is 8.08. The van der Waals surface area contributed by atoms with E-state index in [1.807, 2.05) is 0 Å². The Bertz CT molecular complexity index is 542. The molecular formula is C10H8F3N3O. The van der Waals surface area contributed by atoms with E-state index in [0.29, 0.717) is 11.7 Å². The Morgan fingerprint density at radius 2 is 2.00 bits per heavy atom. The zero-order chi connectivity index (χ0) is 12.4. The molecule has 0 radical (unpaired) electrons. The minimum atomic E-state index is -1.51. The van der Waals surface area contributed by atoms with Gasteiger partial charge in [-0.1, -0.05) is 5.16 Å². The number of aryl methyl sites for hydroxylation is 1. The van der Waals surface area contributed by atoms with Crippen LogP contribution in [0.2, 0.25) is 0 Å². The van der Waals surface area contributed by atoms with Crippen molar-refractivity contribution in [3.8, 4) is 0 Å². The van der Waals surface area contributed by atoms with Crippen molar-refractivity contribution >= 4 is 5.69 Å². The third-order valence-corrected chi connectivity index (χ3v) is 2.04. The predicted octanol–water partition coefficient (Wildman–Crippen LogP) is 2.41. The van der Waals surface area contributed by atoms with Crippen molar-refractivity contribution in [2.45, 2.75) is 13.5 Å². The maximum absolute atomic E-state index is 13.2. The first kappa shape index (κ1) is 11.4. The maximum atomic E-state index is 13.2. The van der Waals surface area contributed by atoms with Crippen LogP contribution < -0.4 is 5.32 Å². The molecule has 0 aliphatic heterocycles. The summed E-state index contributed by atoms with van der Waals surface area (Å²) in [6, 6.07) is 1.93. The molecule has 0 fully saturated rings. The van der Waals surface area contributed by atoms with E-state index in [1.54, 1.807) is 6.92 Å². The van der Waals surface area contributed by atoms with Crippen LogP contribution in [-0.2, 0) is 6.54 Å². The van der Waals surface area contributed by atoms with E-state index in [4.69, 9.17) is 4.52 Å². The SMILES string of the molecule is Cc1nc(CNc2ccc(F)c(F)c2F)no1. The molecule has 0 unspecified atom stereocenters. The summed E-state index contributed by atoms with van der Waals surface area (Å²) in [7, 11) is 0. The summed E-state index contributed by atoms with van der Waals surface area (Å²) in [4.78, 5) is 3.86. The van der Waals surface area contributed by atoms with E-state index in [0.717, 1.165) is 12.1 Å². The highest BCUT2D eigenvalue weighted by Crippen LogP contribution is 2.19. The van der Waals surface area contributed by atoms with E-state index in [-0.39, 0.29) is 12.2 Å². The standard InChI is InChI=1S/C10H8F3N3O/c1-5-15-8(16-17-5)4-14-7-3-2-6(11)9(12)10(7)13/h2-3,14H,4H2,1H3. The lowest BCUT2D eigenvalue weighted by atomic mass is 10.3. The molecule has 0 saturated carbocycles. The van der Waals surface area contributed by atoms with Crippen LogP contribution in [0.4, 0.5) is 18.9 Å². The average Bonchev–Trinajstić information content (AvgIpc) is 2.71. The van der Waals surface area contributed by atoms with Gasteiger partial charge in [-0.2, -0.15) is 4.98 Å². The number of benzene rings is 1. The Balaban J connectivity index is 2.12. The normalized spacial score (nSPS) is 10.6. The molecule has 7 heteroatoms. The van der Waals surface area contributed by atoms with Gasteiger partial charge in [-0.25, -0.2) is 13.2 Å². The van der Waals surface area contributed by atoms with Crippen molar-refractivity contribution < 1.29 is 17.7 Å². The first-order valence-corrected chi connectivity index (χ1v) is 4.74. The van der Waals surface area contributed by atoms with E-state index >= 15 is 0 Å². The van der Waals surface area contributed by atoms with Crippen LogP contribution in [-0.4, -0.2) is 10.1 Å². The van der Waals surface area contributed by atoms with Gasteiger partial charge in [-0.15, -0.1) is 0 Å². The molecule has 0 aliphatic carbocycles. The summed E-state index contributed by atoms with van der Waals surface area (Å²) in [5, 5.41) is 6.11. The first-order valence-electron chi connectivity index (χ1n) is 4.74. The second kappa shape index (κ2) is 4.44. The van der Waals surface area contributed by atoms with Gasteiger partial charge in [-0.3, -0.25) is 0 Å². The van der Waals surface area contributed by atoms with Gasteiger partial charge in [0.1, 0.15) is 0 Å². The molecule has 1 aromatic carbocycles. The lowest BCUT2D eigenvalue weighted by Crippen LogP contribution is -2.05. The van der Waals surface area contributed by atoms with Gasteiger partial charge in [-0.05, 0) is 12.1 Å². The number of nitrogens with one attached hydrogen (secondary N) is 1. The minimum Gasteiger partial charge on any atom is -0.375 e. The monoisotopic (exact) mass is 243 g/mol. The fraction of sp³-hybridized carbons (Fsp3) is 0.200. The van der Waals surface area contributed by atoms with Crippen molar-refractivity contribution in [2.75, 3.05) is 5.32 Å². The second-order valence-electron chi connectivity index (χ2n) is 3.31. The minimum absolute atomic E-state index is 0.0549. The molecule has 0 amide bonds. The Hall–Kier alpha value is -2.05. The molecule has 17 heavy (non-hydrogen) atoms. The number of hydrogen-bond donors (Lipinski definition) is 1. The maximum Gasteiger partial charge on any atom is 0.223 e. The van der Waals surface area contributed by atoms with Crippen LogP contribution in [0.1, 0.15) is 11.7 Å². The average molecular weight is 243 g/mol. The molecule has 2 aromatic rings. The molecule has 0 aliphatic rings. The molecule has 0 atom stereocenters. The topological polar surface area (TPSA) is 51.0 Å². The number of rotatable bonds is 3. The smallest absolute Gasteiger partial charge is 0.223 e. The van der Waals surface area contributed by atoms with Gasteiger partial charge in [0.2, 0.25) is 5.89 Å². The van der Waals surface area contributed by atoms with Crippen molar-refractivity contribution in [1.29, 1.82) is 0 Å². The lowest BCUT2D eigenvalue weighted by Gasteiger charge is -2.05. The molecule has 0 bridgehead atoms. The zero-order valence-electron chi connectivity index (χ0n) is 8.80. The van der Waals surface area contributed by atoms with Crippen LogP contribution in [0.5, 0.6) is 0 Å². The largest absolute Gasteiger partial charge is 0.375 e. The Morgan fingerprint density at radius 3 is 2.65 bits per heavy atom. The van der Waals surface area contributed by atoms with Gasteiger partial charge < -0.3 is 9.84 Å². The molecule has 1 N–H and O–H groups in total. The molecule has 4 nitrogen and oxygen atoms in total. The van der Waals surface area contributed by atoms with Crippen LogP contribution in [0.25, 0.3) is 0 Å². The molecule has 2 rings (SSSR count). The van der Waals surface area contributed by atoms with Crippen LogP contribution in [0.3, 0.4) is 0 Å². The third kappa shape index (κ3) is 2.38. The predicted molar refractivity (Wildman–Crippen MR) is 52.7 cm³/mol. The highest BCUT2D eigenvalue weighted by Gasteiger charge is 2.13. The van der Waals surface area contributed by atoms with Gasteiger partial charge in [0.25, 0.3) is 0 Å². The third-order valence-electron chi connectivity index (χ3n) is 2.04. The summed E-state index contributed by atoms with van der Waals surface area (Å²) in [6.45, 7) is 1.66. The second-order valence-corrected chi connectivity index (χ2v) is 3.31.